The highest BCUT2D eigenvalue weighted by Crippen LogP contribution is 2.21. The van der Waals surface area contributed by atoms with Gasteiger partial charge in [0.25, 0.3) is 0 Å². The van der Waals surface area contributed by atoms with Gasteiger partial charge in [-0.1, -0.05) is 42.1 Å². The van der Waals surface area contributed by atoms with Crippen LogP contribution in [0.3, 0.4) is 0 Å². The van der Waals surface area contributed by atoms with E-state index in [0.717, 1.165) is 17.3 Å². The Morgan fingerprint density at radius 1 is 1.42 bits per heavy atom. The van der Waals surface area contributed by atoms with Crippen molar-refractivity contribution < 1.29 is 13.2 Å². The predicted molar refractivity (Wildman–Crippen MR) is 98.9 cm³/mol. The molecule has 26 heavy (non-hydrogen) atoms. The molecule has 1 aliphatic heterocycles. The van der Waals surface area contributed by atoms with Gasteiger partial charge >= 0.3 is 5.69 Å². The number of amides is 1. The first kappa shape index (κ1) is 18.7. The van der Waals surface area contributed by atoms with E-state index in [2.05, 4.69) is 15.5 Å². The summed E-state index contributed by atoms with van der Waals surface area (Å²) >= 11 is 1.16. The van der Waals surface area contributed by atoms with Gasteiger partial charge in [0.15, 0.2) is 15.0 Å². The van der Waals surface area contributed by atoms with Gasteiger partial charge in [0.1, 0.15) is 0 Å². The molecular weight excluding hydrogens is 376 g/mol. The van der Waals surface area contributed by atoms with Gasteiger partial charge < -0.3 is 5.32 Å². The second-order valence-electron chi connectivity index (χ2n) is 6.25. The zero-order chi connectivity index (χ0) is 18.7. The second-order valence-corrected chi connectivity index (χ2v) is 9.79. The number of nitrogens with one attached hydrogen (secondary N) is 2. The first-order chi connectivity index (χ1) is 12.3. The lowest BCUT2D eigenvalue weighted by Crippen LogP contribution is -2.40. The average molecular weight is 396 g/mol. The average Bonchev–Trinajstić information content (AvgIpc) is 3.11. The van der Waals surface area contributed by atoms with Gasteiger partial charge in [-0.05, 0) is 18.9 Å². The van der Waals surface area contributed by atoms with Crippen molar-refractivity contribution in [3.63, 3.8) is 0 Å². The van der Waals surface area contributed by atoms with Crippen molar-refractivity contribution in [1.29, 1.82) is 0 Å². The third-order valence-corrected chi connectivity index (χ3v) is 7.00. The van der Waals surface area contributed by atoms with E-state index >= 15 is 0 Å². The quantitative estimate of drug-likeness (QED) is 0.684. The van der Waals surface area contributed by atoms with Crippen LogP contribution in [0.5, 0.6) is 0 Å². The molecule has 140 valence electrons. The molecule has 1 saturated heterocycles. The van der Waals surface area contributed by atoms with Crippen LogP contribution in [0.15, 0.2) is 40.3 Å². The molecule has 2 heterocycles. The summed E-state index contributed by atoms with van der Waals surface area (Å²) in [5.41, 5.74) is 0.608. The molecule has 0 bridgehead atoms. The van der Waals surface area contributed by atoms with E-state index < -0.39 is 15.1 Å². The molecule has 1 aromatic heterocycles. The summed E-state index contributed by atoms with van der Waals surface area (Å²) in [6, 6.07) is 9.14. The van der Waals surface area contributed by atoms with E-state index in [1.807, 2.05) is 30.3 Å². The number of nitrogens with zero attached hydrogens (tertiary/aromatic N) is 2. The number of benzene rings is 1. The van der Waals surface area contributed by atoms with Gasteiger partial charge in [0.2, 0.25) is 5.91 Å². The van der Waals surface area contributed by atoms with E-state index in [9.17, 15) is 18.0 Å². The van der Waals surface area contributed by atoms with Crippen molar-refractivity contribution >= 4 is 27.5 Å². The number of aromatic nitrogens is 3. The number of hydrogen-bond acceptors (Lipinski definition) is 6. The van der Waals surface area contributed by atoms with Crippen LogP contribution < -0.4 is 11.0 Å². The Bertz CT molecular complexity index is 937. The molecule has 0 spiro atoms. The summed E-state index contributed by atoms with van der Waals surface area (Å²) in [5, 5.41) is 9.09. The van der Waals surface area contributed by atoms with Crippen molar-refractivity contribution in [2.24, 2.45) is 0 Å². The Kier molecular flexibility index (Phi) is 5.52. The summed E-state index contributed by atoms with van der Waals surface area (Å²) in [5.74, 6) is -0.175. The molecule has 2 atom stereocenters. The number of sulfone groups is 1. The Morgan fingerprint density at radius 3 is 2.81 bits per heavy atom. The smallest absolute Gasteiger partial charge is 0.344 e. The number of thioether (sulfide) groups is 1. The number of H-pyrrole nitrogens is 1. The molecule has 0 aliphatic carbocycles. The monoisotopic (exact) mass is 396 g/mol. The minimum absolute atomic E-state index is 0.0166. The van der Waals surface area contributed by atoms with Gasteiger partial charge in [-0.3, -0.25) is 9.36 Å². The number of aromatic amines is 1. The SMILES string of the molecule is CC(Sc1n[nH]c(=O)n1Cc1ccccc1)C(=O)NC1CCS(=O)(=O)C1. The van der Waals surface area contributed by atoms with E-state index in [0.29, 0.717) is 18.1 Å². The maximum absolute atomic E-state index is 12.3. The van der Waals surface area contributed by atoms with Crippen molar-refractivity contribution in [1.82, 2.24) is 20.1 Å². The molecule has 3 rings (SSSR count). The molecule has 2 aromatic rings. The van der Waals surface area contributed by atoms with Crippen molar-refractivity contribution in [2.45, 2.75) is 36.3 Å². The topological polar surface area (TPSA) is 114 Å². The molecule has 8 nitrogen and oxygen atoms in total. The van der Waals surface area contributed by atoms with Gasteiger partial charge in [-0.25, -0.2) is 18.3 Å². The normalized spacial score (nSPS) is 20.0. The number of rotatable bonds is 6. The van der Waals surface area contributed by atoms with Gasteiger partial charge in [-0.15, -0.1) is 5.10 Å². The summed E-state index contributed by atoms with van der Waals surface area (Å²) in [6.07, 6.45) is 0.437. The summed E-state index contributed by atoms with van der Waals surface area (Å²) < 4.78 is 24.5. The van der Waals surface area contributed by atoms with Gasteiger partial charge in [-0.2, -0.15) is 0 Å². The molecule has 1 amide bonds. The Hall–Kier alpha value is -2.07. The van der Waals surface area contributed by atoms with Crippen molar-refractivity contribution in [3.05, 3.63) is 46.4 Å². The Labute approximate surface area is 155 Å². The molecule has 10 heteroatoms. The van der Waals surface area contributed by atoms with Crippen LogP contribution in [0, 0.1) is 0 Å². The van der Waals surface area contributed by atoms with Gasteiger partial charge in [0.05, 0.1) is 23.3 Å². The van der Waals surface area contributed by atoms with Crippen LogP contribution in [0.1, 0.15) is 18.9 Å². The minimum Gasteiger partial charge on any atom is -0.351 e. The van der Waals surface area contributed by atoms with Crippen LogP contribution in [0.25, 0.3) is 0 Å². The lowest BCUT2D eigenvalue weighted by Gasteiger charge is -2.15. The molecule has 1 aromatic carbocycles. The van der Waals surface area contributed by atoms with Crippen LogP contribution >= 0.6 is 11.8 Å². The number of hydrogen-bond donors (Lipinski definition) is 2. The molecule has 1 fully saturated rings. The van der Waals surface area contributed by atoms with Gasteiger partial charge in [0, 0.05) is 6.04 Å². The molecule has 0 saturated carbocycles. The molecule has 1 aliphatic rings. The highest BCUT2D eigenvalue weighted by molar-refractivity contribution is 8.00. The molecular formula is C16H20N4O4S2. The van der Waals surface area contributed by atoms with E-state index in [-0.39, 0.29) is 29.1 Å². The fourth-order valence-corrected chi connectivity index (χ4v) is 5.28. The summed E-state index contributed by atoms with van der Waals surface area (Å²) in [6.45, 7) is 2.06. The highest BCUT2D eigenvalue weighted by atomic mass is 32.2. The fraction of sp³-hybridized carbons (Fsp3) is 0.438. The second kappa shape index (κ2) is 7.67. The zero-order valence-corrected chi connectivity index (χ0v) is 15.8. The van der Waals surface area contributed by atoms with E-state index in [1.165, 1.54) is 4.57 Å². The van der Waals surface area contributed by atoms with Crippen molar-refractivity contribution in [2.75, 3.05) is 11.5 Å². The van der Waals surface area contributed by atoms with E-state index in [4.69, 9.17) is 0 Å². The number of carbonyl (C=O) groups excluding carboxylic acids is 1. The zero-order valence-electron chi connectivity index (χ0n) is 14.2. The maximum Gasteiger partial charge on any atom is 0.344 e. The molecule has 2 N–H and O–H groups in total. The third-order valence-electron chi connectivity index (χ3n) is 4.14. The lowest BCUT2D eigenvalue weighted by atomic mass is 10.2. The van der Waals surface area contributed by atoms with Crippen LogP contribution in [0.4, 0.5) is 0 Å². The first-order valence-electron chi connectivity index (χ1n) is 8.20. The summed E-state index contributed by atoms with van der Waals surface area (Å²) in [7, 11) is -3.05. The minimum atomic E-state index is -3.05. The Balaban J connectivity index is 1.65. The van der Waals surface area contributed by atoms with Crippen LogP contribution in [-0.4, -0.2) is 51.9 Å². The highest BCUT2D eigenvalue weighted by Gasteiger charge is 2.30. The van der Waals surface area contributed by atoms with E-state index in [1.54, 1.807) is 6.92 Å². The third kappa shape index (κ3) is 4.55. The van der Waals surface area contributed by atoms with Crippen LogP contribution in [0.2, 0.25) is 0 Å². The van der Waals surface area contributed by atoms with Crippen LogP contribution in [-0.2, 0) is 21.2 Å². The standard InChI is InChI=1S/C16H20N4O4S2/c1-11(14(21)17-13-7-8-26(23,24)10-13)25-16-19-18-15(22)20(16)9-12-5-3-2-4-6-12/h2-6,11,13H,7-10H2,1H3,(H,17,21)(H,18,22). The fourth-order valence-electron chi connectivity index (χ4n) is 2.74. The molecule has 0 radical (unpaired) electrons. The Morgan fingerprint density at radius 2 is 2.15 bits per heavy atom. The lowest BCUT2D eigenvalue weighted by molar-refractivity contribution is -0.120. The predicted octanol–water partition coefficient (Wildman–Crippen LogP) is 0.404. The first-order valence-corrected chi connectivity index (χ1v) is 10.9. The molecule has 2 unspecified atom stereocenters. The number of carbonyl (C=O) groups is 1. The summed E-state index contributed by atoms with van der Waals surface area (Å²) in [4.78, 5) is 24.3. The largest absolute Gasteiger partial charge is 0.351 e. The maximum atomic E-state index is 12.3. The van der Waals surface area contributed by atoms with Crippen molar-refractivity contribution in [3.8, 4) is 0 Å².